The Kier molecular flexibility index (Phi) is 5.66. The van der Waals surface area contributed by atoms with Crippen molar-refractivity contribution in [3.63, 3.8) is 0 Å². The van der Waals surface area contributed by atoms with E-state index in [1.807, 2.05) is 0 Å². The van der Waals surface area contributed by atoms with Gasteiger partial charge in [-0.05, 0) is 31.2 Å². The van der Waals surface area contributed by atoms with Crippen LogP contribution in [0.25, 0.3) is 0 Å². The molecule has 0 fully saturated rings. The number of ketones is 1. The van der Waals surface area contributed by atoms with Crippen molar-refractivity contribution in [2.75, 3.05) is 27.4 Å². The van der Waals surface area contributed by atoms with E-state index in [0.29, 0.717) is 24.5 Å². The highest BCUT2D eigenvalue weighted by atomic mass is 16.5. The third-order valence-corrected chi connectivity index (χ3v) is 2.38. The van der Waals surface area contributed by atoms with Gasteiger partial charge in [0.15, 0.2) is 5.78 Å². The lowest BCUT2D eigenvalue weighted by atomic mass is 10.1. The first-order valence-electron chi connectivity index (χ1n) is 5.43. The molecule has 0 radical (unpaired) electrons. The Bertz CT molecular complexity index is 345. The van der Waals surface area contributed by atoms with Gasteiger partial charge in [0, 0.05) is 19.8 Å². The van der Waals surface area contributed by atoms with Crippen LogP contribution in [0.4, 0.5) is 0 Å². The largest absolute Gasteiger partial charge is 0.491 e. The predicted octanol–water partition coefficient (Wildman–Crippen LogP) is 1.93. The molecule has 0 saturated carbocycles. The number of carbonyl (C=O) groups is 1. The van der Waals surface area contributed by atoms with E-state index >= 15 is 0 Å². The molecule has 0 aromatic heterocycles. The minimum Gasteiger partial charge on any atom is -0.491 e. The second kappa shape index (κ2) is 7.04. The van der Waals surface area contributed by atoms with E-state index in [-0.39, 0.29) is 11.9 Å². The van der Waals surface area contributed by atoms with E-state index in [0.717, 1.165) is 0 Å². The van der Waals surface area contributed by atoms with Gasteiger partial charge in [-0.2, -0.15) is 0 Å². The summed E-state index contributed by atoms with van der Waals surface area (Å²) in [5.41, 5.74) is 0.678. The number of methoxy groups -OCH3 is 2. The molecule has 1 aromatic carbocycles. The zero-order valence-corrected chi connectivity index (χ0v) is 10.4. The Morgan fingerprint density at radius 2 is 1.82 bits per heavy atom. The maximum atomic E-state index is 11.1. The Labute approximate surface area is 101 Å². The molecular weight excluding hydrogens is 220 g/mol. The first kappa shape index (κ1) is 13.7. The Hall–Kier alpha value is -1.39. The molecule has 1 unspecified atom stereocenters. The highest BCUT2D eigenvalue weighted by Crippen LogP contribution is 2.13. The van der Waals surface area contributed by atoms with Gasteiger partial charge >= 0.3 is 0 Å². The summed E-state index contributed by atoms with van der Waals surface area (Å²) >= 11 is 0. The molecule has 0 spiro atoms. The molecule has 0 heterocycles. The van der Waals surface area contributed by atoms with Crippen LogP contribution >= 0.6 is 0 Å². The molecule has 94 valence electrons. The average molecular weight is 238 g/mol. The van der Waals surface area contributed by atoms with Gasteiger partial charge < -0.3 is 14.2 Å². The van der Waals surface area contributed by atoms with Crippen LogP contribution in [0.2, 0.25) is 0 Å². The summed E-state index contributed by atoms with van der Waals surface area (Å²) in [6.45, 7) is 2.45. The van der Waals surface area contributed by atoms with E-state index < -0.39 is 0 Å². The van der Waals surface area contributed by atoms with Crippen molar-refractivity contribution in [1.29, 1.82) is 0 Å². The third kappa shape index (κ3) is 4.54. The summed E-state index contributed by atoms with van der Waals surface area (Å²) in [7, 11) is 3.24. The topological polar surface area (TPSA) is 44.8 Å². The predicted molar refractivity (Wildman–Crippen MR) is 64.6 cm³/mol. The lowest BCUT2D eigenvalue weighted by molar-refractivity contribution is 0.000875. The van der Waals surface area contributed by atoms with Crippen molar-refractivity contribution in [1.82, 2.24) is 0 Å². The van der Waals surface area contributed by atoms with Crippen LogP contribution < -0.4 is 4.74 Å². The van der Waals surface area contributed by atoms with E-state index in [4.69, 9.17) is 14.2 Å². The highest BCUT2D eigenvalue weighted by Gasteiger charge is 2.07. The second-order valence-electron chi connectivity index (χ2n) is 3.70. The second-order valence-corrected chi connectivity index (χ2v) is 3.70. The minimum absolute atomic E-state index is 0.0469. The first-order valence-corrected chi connectivity index (χ1v) is 5.43. The standard InChI is InChI=1S/C13H18O4/c1-10(14)11-4-6-12(7-5-11)17-9-13(16-3)8-15-2/h4-7,13H,8-9H2,1-3H3. The Balaban J connectivity index is 2.48. The molecule has 4 nitrogen and oxygen atoms in total. The number of hydrogen-bond acceptors (Lipinski definition) is 4. The van der Waals surface area contributed by atoms with E-state index in [1.165, 1.54) is 6.92 Å². The molecule has 0 amide bonds. The summed E-state index contributed by atoms with van der Waals surface area (Å²) in [6.07, 6.45) is -0.0903. The molecule has 0 saturated heterocycles. The molecule has 0 aliphatic carbocycles. The van der Waals surface area contributed by atoms with Crippen LogP contribution in [0, 0.1) is 0 Å². The van der Waals surface area contributed by atoms with Crippen LogP contribution in [-0.4, -0.2) is 39.3 Å². The summed E-state index contributed by atoms with van der Waals surface area (Å²) < 4.78 is 15.7. The molecule has 4 heteroatoms. The molecule has 1 rings (SSSR count). The Morgan fingerprint density at radius 3 is 2.29 bits per heavy atom. The van der Waals surface area contributed by atoms with Crippen LogP contribution in [0.3, 0.4) is 0 Å². The molecule has 1 aromatic rings. The van der Waals surface area contributed by atoms with Gasteiger partial charge in [-0.3, -0.25) is 4.79 Å². The quantitative estimate of drug-likeness (QED) is 0.681. The number of ether oxygens (including phenoxy) is 3. The Morgan fingerprint density at radius 1 is 1.18 bits per heavy atom. The van der Waals surface area contributed by atoms with Gasteiger partial charge in [0.05, 0.1) is 6.61 Å². The molecule has 0 aliphatic heterocycles. The van der Waals surface area contributed by atoms with Crippen molar-refractivity contribution in [3.05, 3.63) is 29.8 Å². The van der Waals surface area contributed by atoms with E-state index in [9.17, 15) is 4.79 Å². The van der Waals surface area contributed by atoms with Crippen molar-refractivity contribution in [2.45, 2.75) is 13.0 Å². The molecule has 17 heavy (non-hydrogen) atoms. The summed E-state index contributed by atoms with van der Waals surface area (Å²) in [5.74, 6) is 0.763. The van der Waals surface area contributed by atoms with Crippen LogP contribution in [-0.2, 0) is 9.47 Å². The van der Waals surface area contributed by atoms with Crippen LogP contribution in [0.1, 0.15) is 17.3 Å². The molecular formula is C13H18O4. The number of benzene rings is 1. The van der Waals surface area contributed by atoms with Crippen molar-refractivity contribution < 1.29 is 19.0 Å². The monoisotopic (exact) mass is 238 g/mol. The highest BCUT2D eigenvalue weighted by molar-refractivity contribution is 5.94. The van der Waals surface area contributed by atoms with Crippen molar-refractivity contribution in [3.8, 4) is 5.75 Å². The number of rotatable bonds is 7. The maximum Gasteiger partial charge on any atom is 0.159 e. The van der Waals surface area contributed by atoms with Gasteiger partial charge in [-0.15, -0.1) is 0 Å². The van der Waals surface area contributed by atoms with Gasteiger partial charge in [-0.1, -0.05) is 0 Å². The zero-order valence-electron chi connectivity index (χ0n) is 10.4. The fourth-order valence-electron chi connectivity index (χ4n) is 1.35. The van der Waals surface area contributed by atoms with Crippen molar-refractivity contribution >= 4 is 5.78 Å². The lowest BCUT2D eigenvalue weighted by Gasteiger charge is -2.15. The third-order valence-electron chi connectivity index (χ3n) is 2.38. The van der Waals surface area contributed by atoms with Crippen LogP contribution in [0.5, 0.6) is 5.75 Å². The number of hydrogen-bond donors (Lipinski definition) is 0. The fourth-order valence-corrected chi connectivity index (χ4v) is 1.35. The number of Topliss-reactive ketones (excluding diaryl/α,β-unsaturated/α-hetero) is 1. The lowest BCUT2D eigenvalue weighted by Crippen LogP contribution is -2.25. The summed E-state index contributed by atoms with van der Waals surface area (Å²) in [5, 5.41) is 0. The molecule has 0 bridgehead atoms. The SMILES string of the molecule is COCC(COc1ccc(C(C)=O)cc1)OC. The van der Waals surface area contributed by atoms with Crippen molar-refractivity contribution in [2.24, 2.45) is 0 Å². The van der Waals surface area contributed by atoms with Gasteiger partial charge in [0.25, 0.3) is 0 Å². The normalized spacial score (nSPS) is 12.2. The van der Waals surface area contributed by atoms with Gasteiger partial charge in [-0.25, -0.2) is 0 Å². The molecule has 1 atom stereocenters. The minimum atomic E-state index is -0.0903. The van der Waals surface area contributed by atoms with Crippen LogP contribution in [0.15, 0.2) is 24.3 Å². The van der Waals surface area contributed by atoms with E-state index in [1.54, 1.807) is 38.5 Å². The number of carbonyl (C=O) groups excluding carboxylic acids is 1. The average Bonchev–Trinajstić information content (AvgIpc) is 2.35. The van der Waals surface area contributed by atoms with Gasteiger partial charge in [0.2, 0.25) is 0 Å². The molecule has 0 N–H and O–H groups in total. The smallest absolute Gasteiger partial charge is 0.159 e. The first-order chi connectivity index (χ1) is 8.17. The fraction of sp³-hybridized carbons (Fsp3) is 0.462. The molecule has 0 aliphatic rings. The van der Waals surface area contributed by atoms with E-state index in [2.05, 4.69) is 0 Å². The summed E-state index contributed by atoms with van der Waals surface area (Å²) in [6, 6.07) is 7.04. The zero-order chi connectivity index (χ0) is 12.7. The summed E-state index contributed by atoms with van der Waals surface area (Å²) in [4.78, 5) is 11.1. The van der Waals surface area contributed by atoms with Gasteiger partial charge in [0.1, 0.15) is 18.5 Å². The maximum absolute atomic E-state index is 11.1.